The van der Waals surface area contributed by atoms with Crippen molar-refractivity contribution in [3.05, 3.63) is 53.6 Å². The van der Waals surface area contributed by atoms with Gasteiger partial charge in [-0.3, -0.25) is 10.1 Å². The van der Waals surface area contributed by atoms with Crippen LogP contribution >= 0.6 is 11.3 Å². The number of aryl methyl sites for hydroxylation is 1. The van der Waals surface area contributed by atoms with Crippen molar-refractivity contribution < 1.29 is 9.53 Å². The van der Waals surface area contributed by atoms with Gasteiger partial charge in [-0.05, 0) is 54.8 Å². The third kappa shape index (κ3) is 3.74. The second kappa shape index (κ2) is 7.45. The van der Waals surface area contributed by atoms with E-state index in [1.165, 1.54) is 29.7 Å². The van der Waals surface area contributed by atoms with Gasteiger partial charge in [0.2, 0.25) is 0 Å². The first-order chi connectivity index (χ1) is 11.7. The molecule has 24 heavy (non-hydrogen) atoms. The van der Waals surface area contributed by atoms with Crippen molar-refractivity contribution in [2.45, 2.75) is 26.2 Å². The summed E-state index contributed by atoms with van der Waals surface area (Å²) < 4.78 is 6.21. The quantitative estimate of drug-likeness (QED) is 0.694. The predicted octanol–water partition coefficient (Wildman–Crippen LogP) is 4.90. The molecule has 4 nitrogen and oxygen atoms in total. The maximum Gasteiger partial charge on any atom is 0.257 e. The van der Waals surface area contributed by atoms with Gasteiger partial charge in [0.05, 0.1) is 17.3 Å². The first-order valence-electron chi connectivity index (χ1n) is 8.04. The Bertz CT molecular complexity index is 840. The SMILES string of the molecule is CCCCc1ccc2nc(NC(=O)c3ccc(OC)cc3)sc2c1. The fraction of sp³-hybridized carbons (Fsp3) is 0.263. The third-order valence-electron chi connectivity index (χ3n) is 3.84. The van der Waals surface area contributed by atoms with Crippen LogP contribution in [0.5, 0.6) is 5.75 Å². The van der Waals surface area contributed by atoms with Gasteiger partial charge in [-0.15, -0.1) is 0 Å². The van der Waals surface area contributed by atoms with Gasteiger partial charge in [-0.25, -0.2) is 4.98 Å². The van der Waals surface area contributed by atoms with Crippen molar-refractivity contribution in [3.63, 3.8) is 0 Å². The number of amides is 1. The Morgan fingerprint density at radius 2 is 2.00 bits per heavy atom. The Hall–Kier alpha value is -2.40. The third-order valence-corrected chi connectivity index (χ3v) is 4.78. The van der Waals surface area contributed by atoms with Crippen LogP contribution in [0.2, 0.25) is 0 Å². The molecule has 124 valence electrons. The van der Waals surface area contributed by atoms with Gasteiger partial charge in [-0.1, -0.05) is 30.7 Å². The lowest BCUT2D eigenvalue weighted by atomic mass is 10.1. The molecule has 0 aliphatic carbocycles. The number of hydrogen-bond donors (Lipinski definition) is 1. The minimum absolute atomic E-state index is 0.164. The van der Waals surface area contributed by atoms with Gasteiger partial charge < -0.3 is 4.74 Å². The number of thiazole rings is 1. The summed E-state index contributed by atoms with van der Waals surface area (Å²) in [5.41, 5.74) is 2.82. The normalized spacial score (nSPS) is 10.8. The van der Waals surface area contributed by atoms with E-state index in [0.29, 0.717) is 10.7 Å². The number of unbranched alkanes of at least 4 members (excludes halogenated alkanes) is 1. The minimum Gasteiger partial charge on any atom is -0.497 e. The number of aromatic nitrogens is 1. The van der Waals surface area contributed by atoms with Gasteiger partial charge >= 0.3 is 0 Å². The standard InChI is InChI=1S/C19H20N2O2S/c1-3-4-5-13-6-11-16-17(12-13)24-19(20-16)21-18(22)14-7-9-15(23-2)10-8-14/h6-12H,3-5H2,1-2H3,(H,20,21,22). The molecule has 0 aliphatic rings. The number of benzene rings is 2. The molecular weight excluding hydrogens is 320 g/mol. The van der Waals surface area contributed by atoms with Crippen LogP contribution in [0.1, 0.15) is 35.7 Å². The summed E-state index contributed by atoms with van der Waals surface area (Å²) in [6, 6.07) is 13.3. The zero-order valence-electron chi connectivity index (χ0n) is 13.8. The van der Waals surface area contributed by atoms with Crippen molar-refractivity contribution in [3.8, 4) is 5.75 Å². The Balaban J connectivity index is 1.75. The Morgan fingerprint density at radius 3 is 2.71 bits per heavy atom. The van der Waals surface area contributed by atoms with Crippen LogP contribution in [0.4, 0.5) is 5.13 Å². The van der Waals surface area contributed by atoms with E-state index in [1.54, 1.807) is 31.4 Å². The number of ether oxygens (including phenoxy) is 1. The molecule has 0 saturated carbocycles. The van der Waals surface area contributed by atoms with Gasteiger partial charge in [0.25, 0.3) is 5.91 Å². The number of carbonyl (C=O) groups is 1. The van der Waals surface area contributed by atoms with E-state index in [-0.39, 0.29) is 5.91 Å². The highest BCUT2D eigenvalue weighted by atomic mass is 32.1. The fourth-order valence-electron chi connectivity index (χ4n) is 2.47. The number of fused-ring (bicyclic) bond motifs is 1. The molecule has 3 aromatic rings. The monoisotopic (exact) mass is 340 g/mol. The lowest BCUT2D eigenvalue weighted by Gasteiger charge is -2.03. The molecule has 0 bridgehead atoms. The van der Waals surface area contributed by atoms with Crippen molar-refractivity contribution in [1.29, 1.82) is 0 Å². The average molecular weight is 340 g/mol. The van der Waals surface area contributed by atoms with Crippen molar-refractivity contribution in [2.24, 2.45) is 0 Å². The molecule has 0 atom stereocenters. The maximum atomic E-state index is 12.3. The summed E-state index contributed by atoms with van der Waals surface area (Å²) in [7, 11) is 1.60. The number of nitrogens with one attached hydrogen (secondary N) is 1. The molecule has 0 unspecified atom stereocenters. The highest BCUT2D eigenvalue weighted by Crippen LogP contribution is 2.27. The predicted molar refractivity (Wildman–Crippen MR) is 99.2 cm³/mol. The molecule has 2 aromatic carbocycles. The molecule has 0 fully saturated rings. The van der Waals surface area contributed by atoms with Crippen LogP contribution in [0.3, 0.4) is 0 Å². The van der Waals surface area contributed by atoms with Crippen LogP contribution in [-0.2, 0) is 6.42 Å². The highest BCUT2D eigenvalue weighted by molar-refractivity contribution is 7.22. The molecule has 3 rings (SSSR count). The molecule has 0 radical (unpaired) electrons. The molecular formula is C19H20N2O2S. The summed E-state index contributed by atoms with van der Waals surface area (Å²) >= 11 is 1.51. The van der Waals surface area contributed by atoms with Crippen molar-refractivity contribution in [2.75, 3.05) is 12.4 Å². The summed E-state index contributed by atoms with van der Waals surface area (Å²) in [4.78, 5) is 16.8. The Labute approximate surface area is 145 Å². The summed E-state index contributed by atoms with van der Waals surface area (Å²) in [5.74, 6) is 0.564. The topological polar surface area (TPSA) is 51.2 Å². The number of carbonyl (C=O) groups excluding carboxylic acids is 1. The van der Waals surface area contributed by atoms with Crippen LogP contribution < -0.4 is 10.1 Å². The van der Waals surface area contributed by atoms with E-state index in [2.05, 4.69) is 29.4 Å². The van der Waals surface area contributed by atoms with E-state index < -0.39 is 0 Å². The van der Waals surface area contributed by atoms with Gasteiger partial charge in [0, 0.05) is 5.56 Å². The largest absolute Gasteiger partial charge is 0.497 e. The fourth-order valence-corrected chi connectivity index (χ4v) is 3.40. The van der Waals surface area contributed by atoms with Crippen LogP contribution in [0.15, 0.2) is 42.5 Å². The van der Waals surface area contributed by atoms with Crippen LogP contribution in [0, 0.1) is 0 Å². The number of rotatable bonds is 6. The van der Waals surface area contributed by atoms with E-state index >= 15 is 0 Å². The lowest BCUT2D eigenvalue weighted by Crippen LogP contribution is -2.11. The van der Waals surface area contributed by atoms with E-state index in [9.17, 15) is 4.79 Å². The zero-order chi connectivity index (χ0) is 16.9. The summed E-state index contributed by atoms with van der Waals surface area (Å²) in [6.07, 6.45) is 3.45. The first kappa shape index (κ1) is 16.5. The summed E-state index contributed by atoms with van der Waals surface area (Å²) in [6.45, 7) is 2.19. The minimum atomic E-state index is -0.164. The zero-order valence-corrected chi connectivity index (χ0v) is 14.7. The lowest BCUT2D eigenvalue weighted by molar-refractivity contribution is 0.102. The van der Waals surface area contributed by atoms with Crippen molar-refractivity contribution in [1.82, 2.24) is 4.98 Å². The van der Waals surface area contributed by atoms with E-state index in [1.807, 2.05) is 6.07 Å². The Kier molecular flexibility index (Phi) is 5.11. The van der Waals surface area contributed by atoms with Gasteiger partial charge in [0.15, 0.2) is 5.13 Å². The molecule has 0 saturated heterocycles. The van der Waals surface area contributed by atoms with E-state index in [0.717, 1.165) is 22.4 Å². The summed E-state index contributed by atoms with van der Waals surface area (Å²) in [5, 5.41) is 3.50. The molecule has 1 heterocycles. The first-order valence-corrected chi connectivity index (χ1v) is 8.86. The second-order valence-corrected chi connectivity index (χ2v) is 6.64. The van der Waals surface area contributed by atoms with E-state index in [4.69, 9.17) is 4.74 Å². The molecule has 1 aromatic heterocycles. The molecule has 5 heteroatoms. The number of methoxy groups -OCH3 is 1. The Morgan fingerprint density at radius 1 is 1.21 bits per heavy atom. The number of nitrogens with zero attached hydrogens (tertiary/aromatic N) is 1. The number of anilines is 1. The molecule has 0 aliphatic heterocycles. The highest BCUT2D eigenvalue weighted by Gasteiger charge is 2.10. The number of hydrogen-bond acceptors (Lipinski definition) is 4. The van der Waals surface area contributed by atoms with Gasteiger partial charge in [0.1, 0.15) is 5.75 Å². The second-order valence-electron chi connectivity index (χ2n) is 5.61. The van der Waals surface area contributed by atoms with Crippen molar-refractivity contribution >= 4 is 32.6 Å². The molecule has 1 amide bonds. The van der Waals surface area contributed by atoms with Crippen LogP contribution in [0.25, 0.3) is 10.2 Å². The maximum absolute atomic E-state index is 12.3. The molecule has 0 spiro atoms. The molecule has 1 N–H and O–H groups in total. The van der Waals surface area contributed by atoms with Gasteiger partial charge in [-0.2, -0.15) is 0 Å². The average Bonchev–Trinajstić information content (AvgIpc) is 3.01. The van der Waals surface area contributed by atoms with Crippen LogP contribution in [-0.4, -0.2) is 18.0 Å². The smallest absolute Gasteiger partial charge is 0.257 e.